The molecule has 0 N–H and O–H groups in total. The summed E-state index contributed by atoms with van der Waals surface area (Å²) < 4.78 is 0. The first-order chi connectivity index (χ1) is 12.2. The van der Waals surface area contributed by atoms with Crippen LogP contribution in [-0.2, 0) is 4.79 Å². The summed E-state index contributed by atoms with van der Waals surface area (Å²) in [6, 6.07) is 8.09. The summed E-state index contributed by atoms with van der Waals surface area (Å²) in [5, 5.41) is 0.794. The topological polar surface area (TPSA) is 26.8 Å². The van der Waals surface area contributed by atoms with Gasteiger partial charge in [0.1, 0.15) is 0 Å². The summed E-state index contributed by atoms with van der Waals surface area (Å²) in [7, 11) is 0. The van der Waals surface area contributed by atoms with Crippen molar-refractivity contribution in [2.45, 2.75) is 19.3 Å². The third-order valence-electron chi connectivity index (χ3n) is 6.02. The summed E-state index contributed by atoms with van der Waals surface area (Å²) in [6.45, 7) is 6.91. The van der Waals surface area contributed by atoms with Crippen LogP contribution in [0, 0.1) is 5.41 Å². The van der Waals surface area contributed by atoms with Crippen molar-refractivity contribution in [3.63, 3.8) is 0 Å². The molecule has 0 unspecified atom stereocenters. The zero-order valence-corrected chi connectivity index (χ0v) is 15.4. The molecule has 1 aliphatic carbocycles. The Balaban J connectivity index is 1.25. The lowest BCUT2D eigenvalue weighted by atomic mass is 9.84. The van der Waals surface area contributed by atoms with E-state index in [0.717, 1.165) is 70.1 Å². The van der Waals surface area contributed by atoms with Gasteiger partial charge in [0, 0.05) is 56.5 Å². The molecule has 5 heteroatoms. The molecule has 2 heterocycles. The molecule has 1 amide bonds. The molecule has 2 aliphatic heterocycles. The van der Waals surface area contributed by atoms with Crippen LogP contribution in [-0.4, -0.2) is 61.5 Å². The van der Waals surface area contributed by atoms with Gasteiger partial charge >= 0.3 is 0 Å². The molecule has 1 spiro atoms. The number of carbonyl (C=O) groups excluding carboxylic acids is 1. The summed E-state index contributed by atoms with van der Waals surface area (Å²) >= 11 is 6.10. The van der Waals surface area contributed by atoms with Gasteiger partial charge < -0.3 is 9.80 Å². The molecule has 134 valence electrons. The second-order valence-corrected chi connectivity index (χ2v) is 7.95. The Bertz CT molecular complexity index is 659. The molecule has 1 aromatic rings. The number of nitrogens with zero attached hydrogens (tertiary/aromatic N) is 3. The minimum atomic E-state index is -0.0781. The number of likely N-dealkylation sites (tertiary alicyclic amines) is 1. The van der Waals surface area contributed by atoms with Crippen molar-refractivity contribution in [3.8, 4) is 0 Å². The number of piperazine rings is 1. The molecule has 25 heavy (non-hydrogen) atoms. The Morgan fingerprint density at radius 2 is 1.76 bits per heavy atom. The Morgan fingerprint density at radius 1 is 1.00 bits per heavy atom. The zero-order valence-electron chi connectivity index (χ0n) is 14.7. The lowest BCUT2D eigenvalue weighted by Crippen LogP contribution is -2.49. The van der Waals surface area contributed by atoms with Crippen molar-refractivity contribution < 1.29 is 4.79 Å². The van der Waals surface area contributed by atoms with Crippen LogP contribution < -0.4 is 4.90 Å². The maximum atomic E-state index is 12.7. The number of allylic oxidation sites excluding steroid dienone is 2. The first kappa shape index (κ1) is 16.9. The van der Waals surface area contributed by atoms with Gasteiger partial charge in [0.25, 0.3) is 0 Å². The van der Waals surface area contributed by atoms with Gasteiger partial charge in [-0.15, -0.1) is 0 Å². The van der Waals surface area contributed by atoms with Gasteiger partial charge in [-0.2, -0.15) is 0 Å². The van der Waals surface area contributed by atoms with Gasteiger partial charge in [-0.25, -0.2) is 0 Å². The highest BCUT2D eigenvalue weighted by Crippen LogP contribution is 2.42. The average molecular weight is 360 g/mol. The molecular weight excluding hydrogens is 334 g/mol. The number of rotatable bonds is 4. The van der Waals surface area contributed by atoms with Crippen LogP contribution in [0.4, 0.5) is 5.69 Å². The third-order valence-corrected chi connectivity index (χ3v) is 6.25. The lowest BCUT2D eigenvalue weighted by molar-refractivity contribution is -0.135. The Labute approximate surface area is 155 Å². The van der Waals surface area contributed by atoms with E-state index in [9.17, 15) is 4.79 Å². The van der Waals surface area contributed by atoms with Gasteiger partial charge in [-0.3, -0.25) is 9.69 Å². The predicted molar refractivity (Wildman–Crippen MR) is 102 cm³/mol. The Hall–Kier alpha value is -1.52. The van der Waals surface area contributed by atoms with Crippen LogP contribution in [0.2, 0.25) is 5.02 Å². The number of carbonyl (C=O) groups is 1. The molecule has 1 aromatic carbocycles. The molecule has 0 saturated carbocycles. The summed E-state index contributed by atoms with van der Waals surface area (Å²) in [6.07, 6.45) is 7.27. The molecular formula is C20H26ClN3O. The fourth-order valence-corrected chi connectivity index (χ4v) is 4.54. The lowest BCUT2D eigenvalue weighted by Gasteiger charge is -2.37. The second kappa shape index (κ2) is 7.00. The normalized spacial score (nSPS) is 23.2. The Morgan fingerprint density at radius 3 is 2.48 bits per heavy atom. The smallest absolute Gasteiger partial charge is 0.229 e. The number of anilines is 1. The zero-order chi connectivity index (χ0) is 17.3. The highest BCUT2D eigenvalue weighted by atomic mass is 35.5. The van der Waals surface area contributed by atoms with Crippen molar-refractivity contribution in [1.82, 2.24) is 9.80 Å². The molecule has 4 rings (SSSR count). The highest BCUT2D eigenvalue weighted by molar-refractivity contribution is 6.30. The SMILES string of the molecule is O=C1N(CCN2CCN(c3cccc(Cl)c3)CC2)CCC12CC=CC2. The minimum absolute atomic E-state index is 0.0781. The van der Waals surface area contributed by atoms with E-state index in [4.69, 9.17) is 11.6 Å². The van der Waals surface area contributed by atoms with Crippen molar-refractivity contribution >= 4 is 23.2 Å². The number of hydrogen-bond donors (Lipinski definition) is 0. The maximum Gasteiger partial charge on any atom is 0.229 e. The molecule has 3 aliphatic rings. The average Bonchev–Trinajstić information content (AvgIpc) is 3.23. The number of benzene rings is 1. The van der Waals surface area contributed by atoms with Crippen molar-refractivity contribution in [2.24, 2.45) is 5.41 Å². The van der Waals surface area contributed by atoms with E-state index in [2.05, 4.69) is 32.9 Å². The standard InChI is InChI=1S/C20H26ClN3O/c21-17-4-3-5-18(16-17)23-13-10-22(11-14-23)12-15-24-9-8-20(19(24)25)6-1-2-7-20/h1-5,16H,6-15H2. The Kier molecular flexibility index (Phi) is 4.74. The third kappa shape index (κ3) is 3.42. The van der Waals surface area contributed by atoms with Crippen LogP contribution in [0.15, 0.2) is 36.4 Å². The van der Waals surface area contributed by atoms with E-state index in [-0.39, 0.29) is 5.41 Å². The largest absolute Gasteiger partial charge is 0.369 e. The van der Waals surface area contributed by atoms with Crippen LogP contribution in [0.3, 0.4) is 0 Å². The van der Waals surface area contributed by atoms with Crippen molar-refractivity contribution in [2.75, 3.05) is 50.7 Å². The fraction of sp³-hybridized carbons (Fsp3) is 0.550. The van der Waals surface area contributed by atoms with E-state index in [1.165, 1.54) is 5.69 Å². The predicted octanol–water partition coefficient (Wildman–Crippen LogP) is 3.03. The van der Waals surface area contributed by atoms with Gasteiger partial charge in [0.2, 0.25) is 5.91 Å². The number of amides is 1. The van der Waals surface area contributed by atoms with Crippen molar-refractivity contribution in [1.29, 1.82) is 0 Å². The van der Waals surface area contributed by atoms with E-state index in [1.54, 1.807) is 0 Å². The summed E-state index contributed by atoms with van der Waals surface area (Å²) in [5.74, 6) is 0.384. The van der Waals surface area contributed by atoms with E-state index in [0.29, 0.717) is 5.91 Å². The molecule has 0 aromatic heterocycles. The first-order valence-corrected chi connectivity index (χ1v) is 9.71. The minimum Gasteiger partial charge on any atom is -0.369 e. The van der Waals surface area contributed by atoms with E-state index < -0.39 is 0 Å². The van der Waals surface area contributed by atoms with E-state index >= 15 is 0 Å². The molecule has 0 radical (unpaired) electrons. The van der Waals surface area contributed by atoms with Crippen LogP contribution in [0.1, 0.15) is 19.3 Å². The molecule has 0 bridgehead atoms. The molecule has 0 atom stereocenters. The summed E-state index contributed by atoms with van der Waals surface area (Å²) in [5.41, 5.74) is 1.13. The summed E-state index contributed by atoms with van der Waals surface area (Å²) in [4.78, 5) is 19.7. The first-order valence-electron chi connectivity index (χ1n) is 9.34. The van der Waals surface area contributed by atoms with Crippen LogP contribution in [0.25, 0.3) is 0 Å². The maximum absolute atomic E-state index is 12.7. The second-order valence-electron chi connectivity index (χ2n) is 7.51. The number of halogens is 1. The van der Waals surface area contributed by atoms with Gasteiger partial charge in [-0.05, 0) is 37.5 Å². The highest BCUT2D eigenvalue weighted by Gasteiger charge is 2.46. The van der Waals surface area contributed by atoms with Gasteiger partial charge in [0.15, 0.2) is 0 Å². The monoisotopic (exact) mass is 359 g/mol. The fourth-order valence-electron chi connectivity index (χ4n) is 4.35. The van der Waals surface area contributed by atoms with Crippen molar-refractivity contribution in [3.05, 3.63) is 41.4 Å². The van der Waals surface area contributed by atoms with Gasteiger partial charge in [-0.1, -0.05) is 29.8 Å². The van der Waals surface area contributed by atoms with Gasteiger partial charge in [0.05, 0.1) is 5.41 Å². The molecule has 2 fully saturated rings. The van der Waals surface area contributed by atoms with Crippen LogP contribution >= 0.6 is 11.6 Å². The molecule has 2 saturated heterocycles. The molecule has 4 nitrogen and oxygen atoms in total. The van der Waals surface area contributed by atoms with E-state index in [1.807, 2.05) is 18.2 Å². The number of hydrogen-bond acceptors (Lipinski definition) is 3. The quantitative estimate of drug-likeness (QED) is 0.773. The van der Waals surface area contributed by atoms with Crippen LogP contribution in [0.5, 0.6) is 0 Å².